The SMILES string of the molecule is O=C1c2ccncc2C(=O)N1CNc1ccccc1. The minimum atomic E-state index is -0.309. The van der Waals surface area contributed by atoms with Gasteiger partial charge in [0.1, 0.15) is 0 Å². The molecule has 3 rings (SSSR count). The molecule has 1 N–H and O–H groups in total. The van der Waals surface area contributed by atoms with E-state index in [4.69, 9.17) is 0 Å². The lowest BCUT2D eigenvalue weighted by molar-refractivity contribution is 0.0666. The second kappa shape index (κ2) is 4.53. The van der Waals surface area contributed by atoms with E-state index in [0.29, 0.717) is 11.1 Å². The van der Waals surface area contributed by atoms with E-state index in [1.54, 1.807) is 6.07 Å². The number of amides is 2. The van der Waals surface area contributed by atoms with Crippen molar-refractivity contribution in [1.29, 1.82) is 0 Å². The smallest absolute Gasteiger partial charge is 0.264 e. The van der Waals surface area contributed by atoms with Crippen molar-refractivity contribution in [2.45, 2.75) is 0 Å². The first-order chi connectivity index (χ1) is 9.27. The van der Waals surface area contributed by atoms with Crippen LogP contribution in [0.3, 0.4) is 0 Å². The first-order valence-electron chi connectivity index (χ1n) is 5.86. The van der Waals surface area contributed by atoms with Crippen LogP contribution in [0.4, 0.5) is 5.69 Å². The van der Waals surface area contributed by atoms with Gasteiger partial charge in [-0.2, -0.15) is 0 Å². The highest BCUT2D eigenvalue weighted by molar-refractivity contribution is 6.21. The van der Waals surface area contributed by atoms with Crippen LogP contribution in [0.2, 0.25) is 0 Å². The number of carbonyl (C=O) groups excluding carboxylic acids is 2. The summed E-state index contributed by atoms with van der Waals surface area (Å²) in [6, 6.07) is 11.0. The largest absolute Gasteiger partial charge is 0.367 e. The number of para-hydroxylation sites is 1. The van der Waals surface area contributed by atoms with Crippen molar-refractivity contribution in [3.8, 4) is 0 Å². The molecule has 0 atom stereocenters. The molecule has 0 unspecified atom stereocenters. The Kier molecular flexibility index (Phi) is 2.72. The summed E-state index contributed by atoms with van der Waals surface area (Å²) in [6.45, 7) is 0.149. The maximum Gasteiger partial charge on any atom is 0.264 e. The van der Waals surface area contributed by atoms with Gasteiger partial charge in [0, 0.05) is 18.1 Å². The highest BCUT2D eigenvalue weighted by Gasteiger charge is 2.35. The van der Waals surface area contributed by atoms with Crippen LogP contribution < -0.4 is 5.32 Å². The molecule has 1 aliphatic heterocycles. The van der Waals surface area contributed by atoms with Crippen LogP contribution in [0.5, 0.6) is 0 Å². The molecule has 2 amide bonds. The summed E-state index contributed by atoms with van der Waals surface area (Å²) in [5.41, 5.74) is 1.63. The molecular weight excluding hydrogens is 242 g/mol. The normalized spacial score (nSPS) is 13.6. The number of benzene rings is 1. The molecule has 1 aromatic heterocycles. The van der Waals surface area contributed by atoms with Crippen molar-refractivity contribution >= 4 is 17.5 Å². The molecule has 94 valence electrons. The van der Waals surface area contributed by atoms with Crippen LogP contribution >= 0.6 is 0 Å². The van der Waals surface area contributed by atoms with E-state index in [1.807, 2.05) is 30.3 Å². The third kappa shape index (κ3) is 1.95. The Bertz CT molecular complexity index is 605. The predicted molar refractivity (Wildman–Crippen MR) is 69.7 cm³/mol. The zero-order chi connectivity index (χ0) is 13.2. The second-order valence-electron chi connectivity index (χ2n) is 4.16. The maximum atomic E-state index is 12.1. The average molecular weight is 253 g/mol. The molecule has 1 aromatic carbocycles. The first-order valence-corrected chi connectivity index (χ1v) is 5.86. The topological polar surface area (TPSA) is 62.3 Å². The van der Waals surface area contributed by atoms with Gasteiger partial charge >= 0.3 is 0 Å². The van der Waals surface area contributed by atoms with Gasteiger partial charge in [-0.25, -0.2) is 0 Å². The molecular formula is C14H11N3O2. The number of nitrogens with zero attached hydrogens (tertiary/aromatic N) is 2. The summed E-state index contributed by atoms with van der Waals surface area (Å²) in [4.78, 5) is 29.2. The van der Waals surface area contributed by atoms with Gasteiger partial charge in [0.2, 0.25) is 0 Å². The monoisotopic (exact) mass is 253 g/mol. The van der Waals surface area contributed by atoms with E-state index < -0.39 is 0 Å². The van der Waals surface area contributed by atoms with Gasteiger partial charge < -0.3 is 5.32 Å². The van der Waals surface area contributed by atoms with Crippen LogP contribution in [0, 0.1) is 0 Å². The Morgan fingerprint density at radius 3 is 2.47 bits per heavy atom. The lowest BCUT2D eigenvalue weighted by Gasteiger charge is -2.15. The number of aromatic nitrogens is 1. The predicted octanol–water partition coefficient (Wildman–Crippen LogP) is 1.75. The number of hydrogen-bond acceptors (Lipinski definition) is 4. The van der Waals surface area contributed by atoms with Gasteiger partial charge in [-0.15, -0.1) is 0 Å². The molecule has 5 nitrogen and oxygen atoms in total. The van der Waals surface area contributed by atoms with Crippen LogP contribution in [-0.4, -0.2) is 28.4 Å². The maximum absolute atomic E-state index is 12.1. The minimum absolute atomic E-state index is 0.149. The number of nitrogens with one attached hydrogen (secondary N) is 1. The summed E-state index contributed by atoms with van der Waals surface area (Å²) >= 11 is 0. The fraction of sp³-hybridized carbons (Fsp3) is 0.0714. The van der Waals surface area contributed by atoms with Crippen LogP contribution in [-0.2, 0) is 0 Å². The first kappa shape index (κ1) is 11.4. The molecule has 0 fully saturated rings. The van der Waals surface area contributed by atoms with Gasteiger partial charge in [-0.3, -0.25) is 19.5 Å². The van der Waals surface area contributed by atoms with Crippen molar-refractivity contribution in [2.24, 2.45) is 0 Å². The Morgan fingerprint density at radius 2 is 1.74 bits per heavy atom. The Balaban J connectivity index is 1.78. The molecule has 0 spiro atoms. The molecule has 0 saturated heterocycles. The molecule has 5 heteroatoms. The molecule has 0 saturated carbocycles. The lowest BCUT2D eigenvalue weighted by Crippen LogP contribution is -2.34. The summed E-state index contributed by atoms with van der Waals surface area (Å²) in [5, 5.41) is 3.05. The second-order valence-corrected chi connectivity index (χ2v) is 4.16. The molecule has 2 aromatic rings. The number of hydrogen-bond donors (Lipinski definition) is 1. The molecule has 19 heavy (non-hydrogen) atoms. The van der Waals surface area contributed by atoms with Crippen molar-refractivity contribution < 1.29 is 9.59 Å². The third-order valence-electron chi connectivity index (χ3n) is 2.99. The minimum Gasteiger partial charge on any atom is -0.367 e. The van der Waals surface area contributed by atoms with E-state index in [9.17, 15) is 9.59 Å². The Morgan fingerprint density at radius 1 is 1.00 bits per heavy atom. The van der Waals surface area contributed by atoms with Crippen molar-refractivity contribution in [2.75, 3.05) is 12.0 Å². The summed E-state index contributed by atoms with van der Waals surface area (Å²) in [6.07, 6.45) is 2.94. The zero-order valence-electron chi connectivity index (χ0n) is 10.0. The number of carbonyl (C=O) groups is 2. The Labute approximate surface area is 109 Å². The molecule has 0 aliphatic carbocycles. The van der Waals surface area contributed by atoms with Crippen molar-refractivity contribution in [3.05, 3.63) is 59.9 Å². The standard InChI is InChI=1S/C14H11N3O2/c18-13-11-6-7-15-8-12(11)14(19)17(13)9-16-10-4-2-1-3-5-10/h1-8,16H,9H2. The van der Waals surface area contributed by atoms with E-state index in [-0.39, 0.29) is 18.5 Å². The quantitative estimate of drug-likeness (QED) is 0.846. The highest BCUT2D eigenvalue weighted by Crippen LogP contribution is 2.21. The van der Waals surface area contributed by atoms with E-state index in [1.165, 1.54) is 17.3 Å². The third-order valence-corrected chi connectivity index (χ3v) is 2.99. The van der Waals surface area contributed by atoms with E-state index in [2.05, 4.69) is 10.3 Å². The number of anilines is 1. The zero-order valence-corrected chi connectivity index (χ0v) is 10.0. The highest BCUT2D eigenvalue weighted by atomic mass is 16.2. The van der Waals surface area contributed by atoms with E-state index >= 15 is 0 Å². The van der Waals surface area contributed by atoms with Gasteiger partial charge in [-0.05, 0) is 18.2 Å². The van der Waals surface area contributed by atoms with Crippen LogP contribution in [0.1, 0.15) is 20.7 Å². The number of imide groups is 1. The van der Waals surface area contributed by atoms with Gasteiger partial charge in [0.25, 0.3) is 11.8 Å². The summed E-state index contributed by atoms with van der Waals surface area (Å²) in [7, 11) is 0. The molecule has 0 bridgehead atoms. The average Bonchev–Trinajstić information content (AvgIpc) is 2.71. The van der Waals surface area contributed by atoms with E-state index in [0.717, 1.165) is 5.69 Å². The molecule has 0 radical (unpaired) electrons. The van der Waals surface area contributed by atoms with Gasteiger partial charge in [-0.1, -0.05) is 18.2 Å². The fourth-order valence-electron chi connectivity index (χ4n) is 2.00. The molecule has 2 heterocycles. The number of fused-ring (bicyclic) bond motifs is 1. The lowest BCUT2D eigenvalue weighted by atomic mass is 10.2. The van der Waals surface area contributed by atoms with Crippen molar-refractivity contribution in [3.63, 3.8) is 0 Å². The van der Waals surface area contributed by atoms with Crippen LogP contribution in [0.15, 0.2) is 48.8 Å². The number of pyridine rings is 1. The summed E-state index contributed by atoms with van der Waals surface area (Å²) in [5.74, 6) is -0.595. The summed E-state index contributed by atoms with van der Waals surface area (Å²) < 4.78 is 0. The van der Waals surface area contributed by atoms with Crippen molar-refractivity contribution in [1.82, 2.24) is 9.88 Å². The number of rotatable bonds is 3. The Hall–Kier alpha value is -2.69. The van der Waals surface area contributed by atoms with Gasteiger partial charge in [0.15, 0.2) is 0 Å². The van der Waals surface area contributed by atoms with Crippen LogP contribution in [0.25, 0.3) is 0 Å². The van der Waals surface area contributed by atoms with Gasteiger partial charge in [0.05, 0.1) is 17.8 Å². The molecule has 1 aliphatic rings. The fourth-order valence-corrected chi connectivity index (χ4v) is 2.00.